The van der Waals surface area contributed by atoms with E-state index in [2.05, 4.69) is 20.6 Å². The average molecular weight is 737 g/mol. The number of ether oxygens (including phenoxy) is 1. The molecule has 0 spiro atoms. The number of carbonyl (C=O) groups excluding carboxylic acids is 2. The number of halogens is 2. The van der Waals surface area contributed by atoms with Gasteiger partial charge < -0.3 is 48.5 Å². The molecular formula is C34H38F2N10O7. The molecule has 17 nitrogen and oxygen atoms in total. The summed E-state index contributed by atoms with van der Waals surface area (Å²) in [6.45, 7) is -0.177. The van der Waals surface area contributed by atoms with E-state index < -0.39 is 23.6 Å². The van der Waals surface area contributed by atoms with Crippen molar-refractivity contribution in [2.75, 3.05) is 31.3 Å². The highest BCUT2D eigenvalue weighted by molar-refractivity contribution is 5.95. The molecule has 2 aromatic heterocycles. The lowest BCUT2D eigenvalue weighted by Gasteiger charge is -2.13. The average Bonchev–Trinajstić information content (AvgIpc) is 3.90. The molecule has 0 atom stereocenters. The topological polar surface area (TPSA) is 282 Å². The molecular weight excluding hydrogens is 698 g/mol. The molecule has 0 saturated heterocycles. The number of aromatic carboxylic acids is 2. The number of rotatable bonds is 14. The van der Waals surface area contributed by atoms with Crippen molar-refractivity contribution >= 4 is 47.5 Å². The van der Waals surface area contributed by atoms with Crippen molar-refractivity contribution in [1.82, 2.24) is 19.1 Å². The van der Waals surface area contributed by atoms with Crippen molar-refractivity contribution in [3.8, 4) is 5.75 Å². The van der Waals surface area contributed by atoms with E-state index in [1.807, 2.05) is 0 Å². The van der Waals surface area contributed by atoms with E-state index >= 15 is 0 Å². The Morgan fingerprint density at radius 1 is 0.755 bits per heavy atom. The number of aromatic nitrogens is 4. The molecule has 19 heteroatoms. The highest BCUT2D eigenvalue weighted by Crippen LogP contribution is 2.27. The van der Waals surface area contributed by atoms with Gasteiger partial charge in [0, 0.05) is 51.4 Å². The zero-order valence-electron chi connectivity index (χ0n) is 28.4. The van der Waals surface area contributed by atoms with Crippen LogP contribution in [0.2, 0.25) is 0 Å². The summed E-state index contributed by atoms with van der Waals surface area (Å²) >= 11 is 0. The number of hydrogen-bond donors (Lipinski definition) is 8. The third-order valence-electron chi connectivity index (χ3n) is 6.66. The number of carboxylic acids is 2. The molecule has 2 heterocycles. The molecule has 280 valence electrons. The second kappa shape index (κ2) is 20.9. The van der Waals surface area contributed by atoms with Crippen LogP contribution in [0.3, 0.4) is 0 Å². The summed E-state index contributed by atoms with van der Waals surface area (Å²) in [5, 5.41) is 23.5. The Hall–Kier alpha value is -7.44. The third kappa shape index (κ3) is 13.1. The lowest BCUT2D eigenvalue weighted by Crippen LogP contribution is -2.10. The molecule has 0 radical (unpaired) electrons. The molecule has 2 aromatic carbocycles. The summed E-state index contributed by atoms with van der Waals surface area (Å²) in [6.07, 6.45) is 16.7. The number of anilines is 2. The first-order valence-electron chi connectivity index (χ1n) is 15.1. The number of nitrogens with one attached hydrogen (secondary N) is 2. The fourth-order valence-electron chi connectivity index (χ4n) is 3.95. The first kappa shape index (κ1) is 41.7. The predicted molar refractivity (Wildman–Crippen MR) is 193 cm³/mol. The quantitative estimate of drug-likeness (QED) is 0.0524. The van der Waals surface area contributed by atoms with Crippen LogP contribution in [0.1, 0.15) is 26.3 Å². The van der Waals surface area contributed by atoms with Crippen LogP contribution in [0, 0.1) is 11.6 Å². The van der Waals surface area contributed by atoms with Crippen LogP contribution in [0.25, 0.3) is 11.6 Å². The fourth-order valence-corrected chi connectivity index (χ4v) is 3.95. The maximum atomic E-state index is 14.1. The second-order valence-electron chi connectivity index (χ2n) is 10.2. The van der Waals surface area contributed by atoms with Gasteiger partial charge in [0.25, 0.3) is 0 Å². The molecule has 0 bridgehead atoms. The van der Waals surface area contributed by atoms with Crippen molar-refractivity contribution in [1.29, 1.82) is 0 Å². The Kier molecular flexibility index (Phi) is 16.5. The van der Waals surface area contributed by atoms with E-state index in [1.54, 1.807) is 46.6 Å². The van der Waals surface area contributed by atoms with Gasteiger partial charge in [-0.25, -0.2) is 28.3 Å². The Bertz CT molecular complexity index is 1850. The van der Waals surface area contributed by atoms with Crippen molar-refractivity contribution in [3.05, 3.63) is 126 Å². The number of benzene rings is 2. The molecule has 0 fully saturated rings. The van der Waals surface area contributed by atoms with Crippen molar-refractivity contribution in [2.45, 2.75) is 6.42 Å². The first-order chi connectivity index (χ1) is 25.3. The molecule has 4 aromatic rings. The van der Waals surface area contributed by atoms with Gasteiger partial charge in [-0.3, -0.25) is 18.7 Å². The first-order valence-corrected chi connectivity index (χ1v) is 15.1. The Morgan fingerprint density at radius 3 is 1.60 bits per heavy atom. The lowest BCUT2D eigenvalue weighted by atomic mass is 10.1. The maximum Gasteiger partial charge on any atom is 0.337 e. The van der Waals surface area contributed by atoms with Crippen molar-refractivity contribution < 1.29 is 42.9 Å². The molecule has 0 aliphatic rings. The minimum atomic E-state index is -1.26. The summed E-state index contributed by atoms with van der Waals surface area (Å²) in [5.74, 6) is -3.29. The Labute approximate surface area is 301 Å². The van der Waals surface area contributed by atoms with Gasteiger partial charge in [0.2, 0.25) is 0 Å². The van der Waals surface area contributed by atoms with Crippen LogP contribution in [0.4, 0.5) is 20.2 Å². The second-order valence-corrected chi connectivity index (χ2v) is 10.2. The monoisotopic (exact) mass is 736 g/mol. The van der Waals surface area contributed by atoms with Crippen LogP contribution in [-0.4, -0.2) is 74.5 Å². The lowest BCUT2D eigenvalue weighted by molar-refractivity contribution is -0.105. The molecule has 0 aliphatic carbocycles. The molecule has 0 saturated carbocycles. The summed E-state index contributed by atoms with van der Waals surface area (Å²) in [7, 11) is 2.93. The standard InChI is InChI=1S/C18H18F2N2O5.2C8H10N4O/c1-21-14-7-12(19)9(5-10(14)17(23)24)3-4-27-16-6-11(18(25)26)15(22-2)8-13(16)20;2*9-7(5-13)1-2-8(10)12-4-3-11-6-12/h5-8,21-22H,3-4H2,1-2H3,(H,23,24)(H,25,26);2*1-6H,9-10H2/b;2*7-1-,8-2+. The highest BCUT2D eigenvalue weighted by Gasteiger charge is 2.17. The number of imidazole rings is 2. The largest absolute Gasteiger partial charge is 0.490 e. The van der Waals surface area contributed by atoms with Gasteiger partial charge in [-0.05, 0) is 48.1 Å². The molecule has 12 N–H and O–H groups in total. The minimum absolute atomic E-state index is 0.0360. The summed E-state index contributed by atoms with van der Waals surface area (Å²) in [4.78, 5) is 50.3. The van der Waals surface area contributed by atoms with Crippen molar-refractivity contribution in [3.63, 3.8) is 0 Å². The van der Waals surface area contributed by atoms with Crippen LogP contribution in [0.15, 0.2) is 97.4 Å². The summed E-state index contributed by atoms with van der Waals surface area (Å²) in [5.41, 5.74) is 22.0. The molecule has 4 rings (SSSR count). The van der Waals surface area contributed by atoms with Gasteiger partial charge >= 0.3 is 11.9 Å². The molecule has 0 amide bonds. The SMILES string of the molecule is CNc1cc(F)c(CCOc2cc(C(=O)O)c(NC)cc2F)cc1C(=O)O.N/C(C=O)=C\C=C(/N)n1ccnc1.N/C(C=O)=C\C=C(/N)n1ccnc1. The van der Waals surface area contributed by atoms with E-state index in [1.165, 1.54) is 44.5 Å². The van der Waals surface area contributed by atoms with E-state index in [0.29, 0.717) is 24.2 Å². The molecule has 53 heavy (non-hydrogen) atoms. The van der Waals surface area contributed by atoms with Crippen LogP contribution >= 0.6 is 0 Å². The van der Waals surface area contributed by atoms with Gasteiger partial charge in [-0.15, -0.1) is 0 Å². The number of carbonyl (C=O) groups is 4. The predicted octanol–water partition coefficient (Wildman–Crippen LogP) is 2.43. The van der Waals surface area contributed by atoms with Gasteiger partial charge in [0.05, 0.1) is 40.5 Å². The number of nitrogens with two attached hydrogens (primary N) is 4. The normalized spacial score (nSPS) is 11.6. The van der Waals surface area contributed by atoms with Crippen molar-refractivity contribution in [2.24, 2.45) is 22.9 Å². The van der Waals surface area contributed by atoms with Gasteiger partial charge in [-0.1, -0.05) is 0 Å². The molecule has 0 unspecified atom stereocenters. The Morgan fingerprint density at radius 2 is 1.21 bits per heavy atom. The van der Waals surface area contributed by atoms with Gasteiger partial charge in [-0.2, -0.15) is 0 Å². The van der Waals surface area contributed by atoms with E-state index in [9.17, 15) is 33.1 Å². The number of allylic oxidation sites excluding steroid dienone is 6. The van der Waals surface area contributed by atoms with Crippen LogP contribution < -0.4 is 38.3 Å². The summed E-state index contributed by atoms with van der Waals surface area (Å²) < 4.78 is 36.6. The maximum absolute atomic E-state index is 14.1. The smallest absolute Gasteiger partial charge is 0.337 e. The van der Waals surface area contributed by atoms with E-state index in [4.69, 9.17) is 32.8 Å². The highest BCUT2D eigenvalue weighted by atomic mass is 19.1. The van der Waals surface area contributed by atoms with Gasteiger partial charge in [0.15, 0.2) is 24.1 Å². The minimum Gasteiger partial charge on any atom is -0.490 e. The third-order valence-corrected chi connectivity index (χ3v) is 6.66. The zero-order valence-corrected chi connectivity index (χ0v) is 28.4. The Balaban J connectivity index is 0.000000311. The summed E-state index contributed by atoms with van der Waals surface area (Å²) in [6, 6.07) is 4.26. The zero-order chi connectivity index (χ0) is 39.5. The molecule has 0 aliphatic heterocycles. The number of hydrogen-bond acceptors (Lipinski definition) is 13. The number of nitrogens with zero attached hydrogens (tertiary/aromatic N) is 4. The number of aldehydes is 2. The fraction of sp³-hybridized carbons (Fsp3) is 0.118. The van der Waals surface area contributed by atoms with Crippen LogP contribution in [-0.2, 0) is 16.0 Å². The van der Waals surface area contributed by atoms with E-state index in [-0.39, 0.29) is 58.2 Å². The van der Waals surface area contributed by atoms with E-state index in [0.717, 1.165) is 18.2 Å². The number of carboxylic acid groups (broad SMARTS) is 2. The van der Waals surface area contributed by atoms with Crippen LogP contribution in [0.5, 0.6) is 5.75 Å². The van der Waals surface area contributed by atoms with Gasteiger partial charge in [0.1, 0.15) is 30.1 Å².